The molecule has 0 aliphatic carbocycles. The quantitative estimate of drug-likeness (QED) is 0.830. The van der Waals surface area contributed by atoms with Crippen LogP contribution in [0.4, 0.5) is 0 Å². The summed E-state index contributed by atoms with van der Waals surface area (Å²) in [4.78, 5) is 0. The standard InChI is InChI=1S/C10H8N4O2S/c11-7-8-2-1-3-9(6-8)14-10(4-5-13-14)17(12,15)16/h1-6H,(H2,12,15,16). The average molecular weight is 248 g/mol. The van der Waals surface area contributed by atoms with Crippen LogP contribution in [-0.4, -0.2) is 18.2 Å². The Balaban J connectivity index is 2.63. The molecular weight excluding hydrogens is 240 g/mol. The van der Waals surface area contributed by atoms with Crippen molar-refractivity contribution in [2.45, 2.75) is 5.03 Å². The van der Waals surface area contributed by atoms with Crippen molar-refractivity contribution in [1.82, 2.24) is 9.78 Å². The van der Waals surface area contributed by atoms with Gasteiger partial charge in [-0.25, -0.2) is 18.2 Å². The van der Waals surface area contributed by atoms with E-state index in [1.54, 1.807) is 18.2 Å². The van der Waals surface area contributed by atoms with Crippen LogP contribution >= 0.6 is 0 Å². The van der Waals surface area contributed by atoms with E-state index in [0.717, 1.165) is 0 Å². The van der Waals surface area contributed by atoms with Crippen LogP contribution in [0.5, 0.6) is 0 Å². The number of nitrogens with two attached hydrogens (primary N) is 1. The number of primary sulfonamides is 1. The molecule has 0 radical (unpaired) electrons. The summed E-state index contributed by atoms with van der Waals surface area (Å²) in [5.41, 5.74) is 0.886. The second kappa shape index (κ2) is 4.01. The van der Waals surface area contributed by atoms with Gasteiger partial charge in [-0.2, -0.15) is 10.4 Å². The molecule has 17 heavy (non-hydrogen) atoms. The molecular formula is C10H8N4O2S. The first-order valence-electron chi connectivity index (χ1n) is 4.60. The van der Waals surface area contributed by atoms with Crippen LogP contribution in [-0.2, 0) is 10.0 Å². The first-order chi connectivity index (χ1) is 8.02. The predicted molar refractivity (Wildman–Crippen MR) is 59.7 cm³/mol. The van der Waals surface area contributed by atoms with E-state index in [0.29, 0.717) is 11.3 Å². The van der Waals surface area contributed by atoms with E-state index >= 15 is 0 Å². The lowest BCUT2D eigenvalue weighted by Gasteiger charge is -2.05. The van der Waals surface area contributed by atoms with Crippen LogP contribution < -0.4 is 5.14 Å². The van der Waals surface area contributed by atoms with Crippen molar-refractivity contribution in [3.63, 3.8) is 0 Å². The summed E-state index contributed by atoms with van der Waals surface area (Å²) in [5.74, 6) is 0. The van der Waals surface area contributed by atoms with E-state index in [1.165, 1.54) is 23.0 Å². The maximum absolute atomic E-state index is 11.3. The highest BCUT2D eigenvalue weighted by molar-refractivity contribution is 7.89. The lowest BCUT2D eigenvalue weighted by molar-refractivity contribution is 0.587. The van der Waals surface area contributed by atoms with Crippen LogP contribution in [0.1, 0.15) is 5.56 Å². The number of nitriles is 1. The first kappa shape index (κ1) is 11.3. The number of sulfonamides is 1. The van der Waals surface area contributed by atoms with Crippen LogP contribution in [0.2, 0.25) is 0 Å². The fourth-order valence-corrected chi connectivity index (χ4v) is 2.05. The van der Waals surface area contributed by atoms with E-state index in [-0.39, 0.29) is 5.03 Å². The predicted octanol–water partition coefficient (Wildman–Crippen LogP) is 0.391. The molecule has 0 unspecified atom stereocenters. The van der Waals surface area contributed by atoms with Crippen LogP contribution in [0, 0.1) is 11.3 Å². The van der Waals surface area contributed by atoms with E-state index in [1.807, 2.05) is 6.07 Å². The third-order valence-corrected chi connectivity index (χ3v) is 3.01. The SMILES string of the molecule is N#Cc1cccc(-n2nccc2S(N)(=O)=O)c1. The summed E-state index contributed by atoms with van der Waals surface area (Å²) in [7, 11) is -3.84. The third-order valence-electron chi connectivity index (χ3n) is 2.12. The summed E-state index contributed by atoms with van der Waals surface area (Å²) in [5, 5.41) is 17.6. The first-order valence-corrected chi connectivity index (χ1v) is 6.14. The number of hydrogen-bond acceptors (Lipinski definition) is 4. The molecule has 0 aliphatic heterocycles. The van der Waals surface area contributed by atoms with Gasteiger partial charge in [-0.3, -0.25) is 0 Å². The van der Waals surface area contributed by atoms with Crippen molar-refractivity contribution in [1.29, 1.82) is 5.26 Å². The fraction of sp³-hybridized carbons (Fsp3) is 0. The topological polar surface area (TPSA) is 102 Å². The van der Waals surface area contributed by atoms with Gasteiger partial charge in [-0.15, -0.1) is 0 Å². The smallest absolute Gasteiger partial charge is 0.223 e. The number of benzene rings is 1. The summed E-state index contributed by atoms with van der Waals surface area (Å²) in [6.45, 7) is 0. The van der Waals surface area contributed by atoms with Crippen LogP contribution in [0.25, 0.3) is 5.69 Å². The Morgan fingerprint density at radius 2 is 2.12 bits per heavy atom. The molecule has 0 saturated heterocycles. The zero-order chi connectivity index (χ0) is 12.5. The van der Waals surface area contributed by atoms with Crippen LogP contribution in [0.15, 0.2) is 41.6 Å². The molecule has 0 amide bonds. The average Bonchev–Trinajstić information content (AvgIpc) is 2.77. The maximum atomic E-state index is 11.3. The minimum absolute atomic E-state index is 0.118. The molecule has 2 rings (SSSR count). The van der Waals surface area contributed by atoms with Crippen LogP contribution in [0.3, 0.4) is 0 Å². The Morgan fingerprint density at radius 3 is 2.76 bits per heavy atom. The normalized spacial score (nSPS) is 11.1. The van der Waals surface area contributed by atoms with Crippen molar-refractivity contribution in [2.24, 2.45) is 5.14 Å². The van der Waals surface area contributed by atoms with Crippen molar-refractivity contribution >= 4 is 10.0 Å². The van der Waals surface area contributed by atoms with Gasteiger partial charge in [0.1, 0.15) is 0 Å². The second-order valence-corrected chi connectivity index (χ2v) is 4.80. The van der Waals surface area contributed by atoms with Gasteiger partial charge in [0.15, 0.2) is 5.03 Å². The number of nitrogens with zero attached hydrogens (tertiary/aromatic N) is 3. The Kier molecular flexibility index (Phi) is 2.67. The summed E-state index contributed by atoms with van der Waals surface area (Å²) >= 11 is 0. The molecule has 1 aromatic heterocycles. The molecule has 0 atom stereocenters. The van der Waals surface area contributed by atoms with Gasteiger partial charge in [0, 0.05) is 0 Å². The monoisotopic (exact) mass is 248 g/mol. The van der Waals surface area contributed by atoms with Gasteiger partial charge in [0.25, 0.3) is 10.0 Å². The molecule has 2 aromatic rings. The van der Waals surface area contributed by atoms with E-state index in [9.17, 15) is 8.42 Å². The Labute approximate surface area is 98.0 Å². The highest BCUT2D eigenvalue weighted by Gasteiger charge is 2.15. The molecule has 0 fully saturated rings. The molecule has 1 aromatic carbocycles. The largest absolute Gasteiger partial charge is 0.255 e. The van der Waals surface area contributed by atoms with E-state index in [2.05, 4.69) is 5.10 Å². The zero-order valence-electron chi connectivity index (χ0n) is 8.61. The zero-order valence-corrected chi connectivity index (χ0v) is 9.42. The molecule has 0 aliphatic rings. The Bertz CT molecular complexity index is 697. The van der Waals surface area contributed by atoms with Crippen molar-refractivity contribution in [2.75, 3.05) is 0 Å². The lowest BCUT2D eigenvalue weighted by Crippen LogP contribution is -2.17. The van der Waals surface area contributed by atoms with E-state index < -0.39 is 10.0 Å². The van der Waals surface area contributed by atoms with Gasteiger partial charge in [0.05, 0.1) is 23.5 Å². The molecule has 0 bridgehead atoms. The number of hydrogen-bond donors (Lipinski definition) is 1. The summed E-state index contributed by atoms with van der Waals surface area (Å²) in [6.07, 6.45) is 1.33. The molecule has 0 saturated carbocycles. The second-order valence-electron chi connectivity index (χ2n) is 3.29. The van der Waals surface area contributed by atoms with E-state index in [4.69, 9.17) is 10.4 Å². The Morgan fingerprint density at radius 1 is 1.35 bits per heavy atom. The van der Waals surface area contributed by atoms with Crippen molar-refractivity contribution in [3.05, 3.63) is 42.1 Å². The van der Waals surface area contributed by atoms with Gasteiger partial charge >= 0.3 is 0 Å². The maximum Gasteiger partial charge on any atom is 0.255 e. The number of rotatable bonds is 2. The fourth-order valence-electron chi connectivity index (χ4n) is 1.41. The molecule has 7 heteroatoms. The highest BCUT2D eigenvalue weighted by atomic mass is 32.2. The Hall–Kier alpha value is -2.17. The molecule has 86 valence electrons. The lowest BCUT2D eigenvalue weighted by atomic mass is 10.2. The molecule has 0 spiro atoms. The van der Waals surface area contributed by atoms with Gasteiger partial charge in [-0.05, 0) is 24.3 Å². The third kappa shape index (κ3) is 2.18. The molecule has 2 N–H and O–H groups in total. The molecule has 6 nitrogen and oxygen atoms in total. The highest BCUT2D eigenvalue weighted by Crippen LogP contribution is 2.14. The van der Waals surface area contributed by atoms with Crippen molar-refractivity contribution < 1.29 is 8.42 Å². The number of aromatic nitrogens is 2. The summed E-state index contributed by atoms with van der Waals surface area (Å²) in [6, 6.07) is 9.69. The minimum atomic E-state index is -3.84. The van der Waals surface area contributed by atoms with Gasteiger partial charge in [0.2, 0.25) is 0 Å². The van der Waals surface area contributed by atoms with Gasteiger partial charge in [-0.1, -0.05) is 6.07 Å². The molecule has 1 heterocycles. The van der Waals surface area contributed by atoms with Gasteiger partial charge < -0.3 is 0 Å². The van der Waals surface area contributed by atoms with Crippen molar-refractivity contribution in [3.8, 4) is 11.8 Å². The summed E-state index contributed by atoms with van der Waals surface area (Å²) < 4.78 is 23.8. The minimum Gasteiger partial charge on any atom is -0.223 e.